The minimum Gasteiger partial charge on any atom is -0.491 e. The molecule has 0 bridgehead atoms. The summed E-state index contributed by atoms with van der Waals surface area (Å²) in [6.45, 7) is 1.90. The number of unbranched alkanes of at least 4 members (excludes halogenated alkanes) is 2. The van der Waals surface area contributed by atoms with E-state index in [0.717, 1.165) is 12.3 Å². The number of hydrogen-bond acceptors (Lipinski definition) is 4. The van der Waals surface area contributed by atoms with Crippen LogP contribution in [0.3, 0.4) is 0 Å². The third kappa shape index (κ3) is 8.92. The molecule has 0 heterocycles. The summed E-state index contributed by atoms with van der Waals surface area (Å²) in [6.07, 6.45) is 5.40. The Balaban J connectivity index is 1.95. The van der Waals surface area contributed by atoms with Gasteiger partial charge in [-0.2, -0.15) is 11.8 Å². The Bertz CT molecular complexity index is 308. The number of thioether (sulfide) groups is 1. The SMILES string of the molecule is CSCCCCCNCC(O)COc1ccccc1. The maximum absolute atomic E-state index is 9.76. The van der Waals surface area contributed by atoms with Gasteiger partial charge in [-0.05, 0) is 43.5 Å². The average molecular weight is 283 g/mol. The highest BCUT2D eigenvalue weighted by Crippen LogP contribution is 2.08. The first-order valence-corrected chi connectivity index (χ1v) is 8.28. The van der Waals surface area contributed by atoms with Crippen molar-refractivity contribution >= 4 is 11.8 Å². The van der Waals surface area contributed by atoms with Crippen molar-refractivity contribution in [2.45, 2.75) is 25.4 Å². The normalized spacial score (nSPS) is 12.3. The molecule has 0 amide bonds. The van der Waals surface area contributed by atoms with Gasteiger partial charge in [0.05, 0.1) is 0 Å². The Labute approximate surface area is 120 Å². The third-order valence-corrected chi connectivity index (χ3v) is 3.46. The van der Waals surface area contributed by atoms with Gasteiger partial charge in [0.15, 0.2) is 0 Å². The number of para-hydroxylation sites is 1. The maximum atomic E-state index is 9.76. The Morgan fingerprint density at radius 3 is 2.74 bits per heavy atom. The van der Waals surface area contributed by atoms with Gasteiger partial charge in [-0.25, -0.2) is 0 Å². The zero-order valence-corrected chi connectivity index (χ0v) is 12.5. The predicted octanol–water partition coefficient (Wildman–Crippen LogP) is 2.55. The van der Waals surface area contributed by atoms with E-state index < -0.39 is 6.10 Å². The van der Waals surface area contributed by atoms with E-state index in [4.69, 9.17) is 4.74 Å². The molecule has 0 saturated carbocycles. The van der Waals surface area contributed by atoms with Gasteiger partial charge in [0.1, 0.15) is 18.5 Å². The van der Waals surface area contributed by atoms with Crippen LogP contribution in [0.25, 0.3) is 0 Å². The van der Waals surface area contributed by atoms with Crippen LogP contribution in [0.4, 0.5) is 0 Å². The number of aliphatic hydroxyl groups is 1. The molecule has 1 atom stereocenters. The fraction of sp³-hybridized carbons (Fsp3) is 0.600. The van der Waals surface area contributed by atoms with E-state index in [2.05, 4.69) is 11.6 Å². The van der Waals surface area contributed by atoms with E-state index in [1.807, 2.05) is 42.1 Å². The minimum absolute atomic E-state index is 0.337. The van der Waals surface area contributed by atoms with Crippen molar-refractivity contribution in [3.8, 4) is 5.75 Å². The molecule has 0 aliphatic rings. The number of nitrogens with one attached hydrogen (secondary N) is 1. The van der Waals surface area contributed by atoms with Gasteiger partial charge in [0.2, 0.25) is 0 Å². The highest BCUT2D eigenvalue weighted by molar-refractivity contribution is 7.98. The molecule has 1 aromatic rings. The van der Waals surface area contributed by atoms with E-state index >= 15 is 0 Å². The van der Waals surface area contributed by atoms with Crippen molar-refractivity contribution < 1.29 is 9.84 Å². The number of ether oxygens (including phenoxy) is 1. The van der Waals surface area contributed by atoms with Gasteiger partial charge in [0.25, 0.3) is 0 Å². The smallest absolute Gasteiger partial charge is 0.119 e. The lowest BCUT2D eigenvalue weighted by molar-refractivity contribution is 0.106. The second-order valence-corrected chi connectivity index (χ2v) is 5.52. The van der Waals surface area contributed by atoms with E-state index in [-0.39, 0.29) is 0 Å². The molecule has 1 unspecified atom stereocenters. The predicted molar refractivity (Wildman–Crippen MR) is 83.0 cm³/mol. The van der Waals surface area contributed by atoms with Crippen LogP contribution in [-0.4, -0.2) is 42.9 Å². The molecule has 0 aliphatic heterocycles. The lowest BCUT2D eigenvalue weighted by Gasteiger charge is -2.13. The number of rotatable bonds is 11. The standard InChI is InChI=1S/C15H25NO2S/c1-19-11-7-3-6-10-16-12-14(17)13-18-15-8-4-2-5-9-15/h2,4-5,8-9,14,16-17H,3,6-7,10-13H2,1H3. The van der Waals surface area contributed by atoms with Crippen molar-refractivity contribution in [2.75, 3.05) is 31.7 Å². The van der Waals surface area contributed by atoms with Crippen LogP contribution in [0, 0.1) is 0 Å². The Kier molecular flexibility index (Phi) is 9.59. The van der Waals surface area contributed by atoms with Crippen molar-refractivity contribution in [1.29, 1.82) is 0 Å². The molecule has 0 spiro atoms. The van der Waals surface area contributed by atoms with Gasteiger partial charge >= 0.3 is 0 Å². The first-order chi connectivity index (χ1) is 9.33. The first-order valence-electron chi connectivity index (χ1n) is 6.88. The van der Waals surface area contributed by atoms with Gasteiger partial charge in [-0.1, -0.05) is 24.6 Å². The summed E-state index contributed by atoms with van der Waals surface area (Å²) >= 11 is 1.90. The number of aliphatic hydroxyl groups excluding tert-OH is 1. The highest BCUT2D eigenvalue weighted by atomic mass is 32.2. The summed E-state index contributed by atoms with van der Waals surface area (Å²) < 4.78 is 5.49. The number of benzene rings is 1. The van der Waals surface area contributed by atoms with Crippen LogP contribution in [0.2, 0.25) is 0 Å². The van der Waals surface area contributed by atoms with E-state index in [9.17, 15) is 5.11 Å². The largest absolute Gasteiger partial charge is 0.491 e. The molecule has 0 saturated heterocycles. The quantitative estimate of drug-likeness (QED) is 0.612. The molecule has 19 heavy (non-hydrogen) atoms. The van der Waals surface area contributed by atoms with E-state index in [1.54, 1.807) is 0 Å². The molecule has 4 heteroatoms. The summed E-state index contributed by atoms with van der Waals surface area (Å²) in [4.78, 5) is 0. The fourth-order valence-corrected chi connectivity index (χ4v) is 2.20. The van der Waals surface area contributed by atoms with E-state index in [0.29, 0.717) is 13.2 Å². The molecule has 0 aromatic heterocycles. The van der Waals surface area contributed by atoms with Crippen LogP contribution in [-0.2, 0) is 0 Å². The van der Waals surface area contributed by atoms with Crippen LogP contribution < -0.4 is 10.1 Å². The van der Waals surface area contributed by atoms with Gasteiger partial charge < -0.3 is 15.2 Å². The molecule has 1 aromatic carbocycles. The molecular weight excluding hydrogens is 258 g/mol. The second-order valence-electron chi connectivity index (χ2n) is 4.54. The molecule has 2 N–H and O–H groups in total. The molecule has 0 radical (unpaired) electrons. The average Bonchev–Trinajstić information content (AvgIpc) is 2.45. The summed E-state index contributed by atoms with van der Waals surface area (Å²) in [5.41, 5.74) is 0. The third-order valence-electron chi connectivity index (χ3n) is 2.77. The lowest BCUT2D eigenvalue weighted by Crippen LogP contribution is -2.32. The first kappa shape index (κ1) is 16.3. The Morgan fingerprint density at radius 2 is 2.00 bits per heavy atom. The Morgan fingerprint density at radius 1 is 1.21 bits per heavy atom. The molecule has 1 rings (SSSR count). The topological polar surface area (TPSA) is 41.5 Å². The minimum atomic E-state index is -0.452. The molecule has 0 fully saturated rings. The van der Waals surface area contributed by atoms with Crippen LogP contribution in [0.1, 0.15) is 19.3 Å². The summed E-state index contributed by atoms with van der Waals surface area (Å²) in [5, 5.41) is 13.0. The zero-order chi connectivity index (χ0) is 13.8. The Hall–Kier alpha value is -0.710. The zero-order valence-electron chi connectivity index (χ0n) is 11.7. The maximum Gasteiger partial charge on any atom is 0.119 e. The molecular formula is C15H25NO2S. The van der Waals surface area contributed by atoms with Gasteiger partial charge in [0, 0.05) is 6.54 Å². The summed E-state index contributed by atoms with van der Waals surface area (Å²) in [6, 6.07) is 9.59. The van der Waals surface area contributed by atoms with Crippen molar-refractivity contribution in [2.24, 2.45) is 0 Å². The van der Waals surface area contributed by atoms with Crippen molar-refractivity contribution in [3.05, 3.63) is 30.3 Å². The fourth-order valence-electron chi connectivity index (χ4n) is 1.71. The molecule has 108 valence electrons. The van der Waals surface area contributed by atoms with Gasteiger partial charge in [-0.3, -0.25) is 0 Å². The van der Waals surface area contributed by atoms with Crippen LogP contribution >= 0.6 is 11.8 Å². The van der Waals surface area contributed by atoms with E-state index in [1.165, 1.54) is 25.0 Å². The van der Waals surface area contributed by atoms with Crippen LogP contribution in [0.5, 0.6) is 5.75 Å². The number of hydrogen-bond donors (Lipinski definition) is 2. The second kappa shape index (κ2) is 11.1. The van der Waals surface area contributed by atoms with Crippen molar-refractivity contribution in [1.82, 2.24) is 5.32 Å². The summed E-state index contributed by atoms with van der Waals surface area (Å²) in [5.74, 6) is 2.05. The monoisotopic (exact) mass is 283 g/mol. The highest BCUT2D eigenvalue weighted by Gasteiger charge is 2.04. The molecule has 0 aliphatic carbocycles. The molecule has 3 nitrogen and oxygen atoms in total. The van der Waals surface area contributed by atoms with Crippen LogP contribution in [0.15, 0.2) is 30.3 Å². The lowest BCUT2D eigenvalue weighted by atomic mass is 10.2. The van der Waals surface area contributed by atoms with Gasteiger partial charge in [-0.15, -0.1) is 0 Å². The van der Waals surface area contributed by atoms with Crippen molar-refractivity contribution in [3.63, 3.8) is 0 Å². The summed E-state index contributed by atoms with van der Waals surface area (Å²) in [7, 11) is 0.